The molecule has 70 valence electrons. The highest BCUT2D eigenvalue weighted by Crippen LogP contribution is 1.96. The zero-order chi connectivity index (χ0) is 8.93. The predicted molar refractivity (Wildman–Crippen MR) is 57.0 cm³/mol. The first-order valence-electron chi connectivity index (χ1n) is 4.52. The molecule has 0 bridgehead atoms. The van der Waals surface area contributed by atoms with E-state index >= 15 is 0 Å². The lowest BCUT2D eigenvalue weighted by molar-refractivity contribution is 0.0464. The highest BCUT2D eigenvalue weighted by Gasteiger charge is 2.10. The van der Waals surface area contributed by atoms with Gasteiger partial charge in [-0.05, 0) is 16.0 Å². The maximum absolute atomic E-state index is 5.30. The number of thiophene rings is 1. The Labute approximate surface area is 85.3 Å². The Hall–Kier alpha value is -0.163. The fourth-order valence-corrected chi connectivity index (χ4v) is 3.43. The quantitative estimate of drug-likeness (QED) is 0.670. The lowest BCUT2D eigenvalue weighted by Crippen LogP contribution is -2.40. The first-order valence-corrected chi connectivity index (χ1v) is 6.61. The minimum atomic E-state index is 0.912. The second-order valence-electron chi connectivity index (χ2n) is 3.04. The van der Waals surface area contributed by atoms with E-state index in [4.69, 9.17) is 4.74 Å². The summed E-state index contributed by atoms with van der Waals surface area (Å²) in [7, 11) is 0.949. The summed E-state index contributed by atoms with van der Waals surface area (Å²) in [5, 5.41) is 2.15. The number of hydrogen-bond acceptors (Lipinski definition) is 3. The highest BCUT2D eigenvalue weighted by molar-refractivity contribution is 7.19. The molecule has 2 nitrogen and oxygen atoms in total. The van der Waals surface area contributed by atoms with Crippen LogP contribution in [0.25, 0.3) is 0 Å². The Bertz CT molecular complexity index is 234. The van der Waals surface area contributed by atoms with Crippen molar-refractivity contribution < 1.29 is 4.74 Å². The highest BCUT2D eigenvalue weighted by atomic mass is 32.1. The van der Waals surface area contributed by atoms with Crippen molar-refractivity contribution in [3.8, 4) is 0 Å². The Morgan fingerprint density at radius 3 is 3.00 bits per heavy atom. The van der Waals surface area contributed by atoms with Crippen molar-refractivity contribution in [1.29, 1.82) is 0 Å². The second kappa shape index (κ2) is 4.90. The third-order valence-electron chi connectivity index (χ3n) is 2.10. The maximum atomic E-state index is 5.30. The third kappa shape index (κ3) is 2.91. The number of hydrogen-bond donors (Lipinski definition) is 0. The number of morpholine rings is 1. The van der Waals surface area contributed by atoms with Crippen LogP contribution in [0.15, 0.2) is 17.5 Å². The molecule has 2 radical (unpaired) electrons. The fourth-order valence-electron chi connectivity index (χ4n) is 1.33. The van der Waals surface area contributed by atoms with Crippen LogP contribution in [0.4, 0.5) is 0 Å². The zero-order valence-corrected chi connectivity index (χ0v) is 9.35. The van der Waals surface area contributed by atoms with Crippen LogP contribution in [0.2, 0.25) is 0 Å². The van der Waals surface area contributed by atoms with Crippen molar-refractivity contribution in [2.75, 3.05) is 32.5 Å². The maximum Gasteiger partial charge on any atom is 0.112 e. The summed E-state index contributed by atoms with van der Waals surface area (Å²) < 4.78 is 6.82. The van der Waals surface area contributed by atoms with Gasteiger partial charge in [-0.1, -0.05) is 12.1 Å². The molecule has 0 amide bonds. The monoisotopic (exact) mass is 211 g/mol. The molecule has 1 aromatic rings. The fraction of sp³-hybridized carbons (Fsp3) is 0.556. The first-order chi connectivity index (χ1) is 6.45. The SMILES string of the molecule is c1csc([Si]CN2CCOCC2)c1. The van der Waals surface area contributed by atoms with Crippen LogP contribution >= 0.6 is 11.3 Å². The molecule has 1 saturated heterocycles. The summed E-state index contributed by atoms with van der Waals surface area (Å²) in [5.41, 5.74) is 0. The molecule has 13 heavy (non-hydrogen) atoms. The van der Waals surface area contributed by atoms with Crippen molar-refractivity contribution >= 4 is 25.4 Å². The number of nitrogens with zero attached hydrogens (tertiary/aromatic N) is 1. The van der Waals surface area contributed by atoms with E-state index in [1.54, 1.807) is 0 Å². The molecule has 1 aliphatic heterocycles. The molecule has 0 atom stereocenters. The van der Waals surface area contributed by atoms with Gasteiger partial charge in [0.1, 0.15) is 9.52 Å². The molecule has 0 N–H and O–H groups in total. The van der Waals surface area contributed by atoms with Crippen LogP contribution in [0.5, 0.6) is 0 Å². The number of rotatable bonds is 3. The molecular weight excluding hydrogens is 198 g/mol. The van der Waals surface area contributed by atoms with Crippen LogP contribution in [-0.4, -0.2) is 46.9 Å². The van der Waals surface area contributed by atoms with Gasteiger partial charge in [0, 0.05) is 13.1 Å². The second-order valence-corrected chi connectivity index (χ2v) is 5.56. The van der Waals surface area contributed by atoms with Crippen LogP contribution < -0.4 is 4.50 Å². The van der Waals surface area contributed by atoms with E-state index in [9.17, 15) is 0 Å². The summed E-state index contributed by atoms with van der Waals surface area (Å²) >= 11 is 1.87. The largest absolute Gasteiger partial charge is 0.379 e. The van der Waals surface area contributed by atoms with Crippen LogP contribution in [-0.2, 0) is 4.74 Å². The molecule has 1 aliphatic rings. The van der Waals surface area contributed by atoms with Gasteiger partial charge in [-0.2, -0.15) is 11.3 Å². The molecular formula is C9H13NOSSi. The van der Waals surface area contributed by atoms with Crippen molar-refractivity contribution in [3.05, 3.63) is 17.5 Å². The van der Waals surface area contributed by atoms with Gasteiger partial charge in [-0.3, -0.25) is 0 Å². The van der Waals surface area contributed by atoms with E-state index in [1.165, 1.54) is 10.7 Å². The van der Waals surface area contributed by atoms with Crippen molar-refractivity contribution in [2.45, 2.75) is 0 Å². The molecule has 0 spiro atoms. The smallest absolute Gasteiger partial charge is 0.112 e. The van der Waals surface area contributed by atoms with Gasteiger partial charge >= 0.3 is 0 Å². The summed E-state index contributed by atoms with van der Waals surface area (Å²) in [6, 6.07) is 4.36. The molecule has 0 aliphatic carbocycles. The zero-order valence-electron chi connectivity index (χ0n) is 7.53. The molecule has 1 fully saturated rings. The van der Waals surface area contributed by atoms with Gasteiger partial charge in [-0.15, -0.1) is 0 Å². The lowest BCUT2D eigenvalue weighted by Gasteiger charge is -2.25. The molecule has 1 aromatic heterocycles. The van der Waals surface area contributed by atoms with Crippen LogP contribution in [0.3, 0.4) is 0 Å². The molecule has 0 aromatic carbocycles. The van der Waals surface area contributed by atoms with E-state index in [2.05, 4.69) is 22.4 Å². The van der Waals surface area contributed by atoms with Crippen LogP contribution in [0.1, 0.15) is 0 Å². The summed E-state index contributed by atoms with van der Waals surface area (Å²) in [6.45, 7) is 4.04. The average molecular weight is 211 g/mol. The van der Waals surface area contributed by atoms with Gasteiger partial charge in [0.05, 0.1) is 13.2 Å². The van der Waals surface area contributed by atoms with E-state index in [1.807, 2.05) is 11.3 Å². The molecule has 2 rings (SSSR count). The summed E-state index contributed by atoms with van der Waals surface area (Å²) in [6.07, 6.45) is 1.21. The van der Waals surface area contributed by atoms with E-state index in [0.717, 1.165) is 35.8 Å². The van der Waals surface area contributed by atoms with E-state index in [0.29, 0.717) is 0 Å². The Balaban J connectivity index is 1.72. The van der Waals surface area contributed by atoms with Gasteiger partial charge < -0.3 is 9.64 Å². The normalized spacial score (nSPS) is 19.1. The van der Waals surface area contributed by atoms with Crippen LogP contribution in [0, 0.1) is 0 Å². The molecule has 2 heterocycles. The van der Waals surface area contributed by atoms with Crippen molar-refractivity contribution in [2.24, 2.45) is 0 Å². The minimum Gasteiger partial charge on any atom is -0.379 e. The predicted octanol–water partition coefficient (Wildman–Crippen LogP) is 0.367. The van der Waals surface area contributed by atoms with Gasteiger partial charge in [0.15, 0.2) is 0 Å². The molecule has 0 unspecified atom stereocenters. The summed E-state index contributed by atoms with van der Waals surface area (Å²) in [5.74, 6) is 0. The van der Waals surface area contributed by atoms with E-state index < -0.39 is 0 Å². The van der Waals surface area contributed by atoms with Gasteiger partial charge in [0.25, 0.3) is 0 Å². The van der Waals surface area contributed by atoms with Crippen molar-refractivity contribution in [3.63, 3.8) is 0 Å². The van der Waals surface area contributed by atoms with Crippen molar-refractivity contribution in [1.82, 2.24) is 4.90 Å². The molecule has 4 heteroatoms. The third-order valence-corrected chi connectivity index (χ3v) is 4.69. The number of ether oxygens (including phenoxy) is 1. The molecule has 0 saturated carbocycles. The summed E-state index contributed by atoms with van der Waals surface area (Å²) in [4.78, 5) is 2.49. The standard InChI is InChI=1S/C9H13NOSSi/c1-2-9(12-7-1)13-8-10-3-5-11-6-4-10/h1-2,7H,3-6,8H2. The Morgan fingerprint density at radius 2 is 2.31 bits per heavy atom. The lowest BCUT2D eigenvalue weighted by atomic mass is 10.5. The Morgan fingerprint density at radius 1 is 1.46 bits per heavy atom. The first kappa shape index (κ1) is 9.39. The topological polar surface area (TPSA) is 12.5 Å². The Kier molecular flexibility index (Phi) is 3.54. The van der Waals surface area contributed by atoms with E-state index in [-0.39, 0.29) is 0 Å². The average Bonchev–Trinajstić information content (AvgIpc) is 2.69. The minimum absolute atomic E-state index is 0.912. The van der Waals surface area contributed by atoms with Gasteiger partial charge in [-0.25, -0.2) is 0 Å². The van der Waals surface area contributed by atoms with Gasteiger partial charge in [0.2, 0.25) is 0 Å².